The number of nitriles is 1. The molecule has 0 aromatic carbocycles. The van der Waals surface area contributed by atoms with Crippen LogP contribution in [0.5, 0.6) is 0 Å². The van der Waals surface area contributed by atoms with Crippen molar-refractivity contribution in [3.8, 4) is 6.07 Å². The van der Waals surface area contributed by atoms with Crippen molar-refractivity contribution in [1.29, 1.82) is 5.26 Å². The standard InChI is InChI=1S/C10H13NO2/c1-6(5-11)4-7-8(9(12)13)10(7,2)3/h4,7-8H,1-3H3,(H,12,13)/b6-4+/t7-,8+/m1/s1. The molecule has 0 saturated heterocycles. The summed E-state index contributed by atoms with van der Waals surface area (Å²) in [6.45, 7) is 5.53. The van der Waals surface area contributed by atoms with Crippen LogP contribution < -0.4 is 0 Å². The van der Waals surface area contributed by atoms with E-state index in [1.54, 1.807) is 13.0 Å². The van der Waals surface area contributed by atoms with Crippen LogP contribution in [0.25, 0.3) is 0 Å². The van der Waals surface area contributed by atoms with Gasteiger partial charge in [0.05, 0.1) is 12.0 Å². The molecule has 2 atom stereocenters. The van der Waals surface area contributed by atoms with Crippen molar-refractivity contribution in [3.63, 3.8) is 0 Å². The number of rotatable bonds is 2. The fourth-order valence-electron chi connectivity index (χ4n) is 1.77. The predicted molar refractivity (Wildman–Crippen MR) is 47.8 cm³/mol. The Labute approximate surface area is 77.7 Å². The lowest BCUT2D eigenvalue weighted by Crippen LogP contribution is -2.03. The lowest BCUT2D eigenvalue weighted by Gasteiger charge is -1.96. The Morgan fingerprint density at radius 2 is 2.15 bits per heavy atom. The van der Waals surface area contributed by atoms with E-state index < -0.39 is 5.97 Å². The van der Waals surface area contributed by atoms with Crippen LogP contribution in [0, 0.1) is 28.6 Å². The Hall–Kier alpha value is -1.30. The van der Waals surface area contributed by atoms with E-state index in [1.165, 1.54) is 0 Å². The van der Waals surface area contributed by atoms with Crippen molar-refractivity contribution in [2.24, 2.45) is 17.3 Å². The summed E-state index contributed by atoms with van der Waals surface area (Å²) in [7, 11) is 0. The van der Waals surface area contributed by atoms with Crippen LogP contribution in [-0.2, 0) is 4.79 Å². The third-order valence-electron chi connectivity index (χ3n) is 2.78. The Morgan fingerprint density at radius 1 is 1.62 bits per heavy atom. The largest absolute Gasteiger partial charge is 0.481 e. The van der Waals surface area contributed by atoms with Gasteiger partial charge in [-0.05, 0) is 18.3 Å². The minimum absolute atomic E-state index is 0.0182. The Kier molecular flexibility index (Phi) is 2.17. The smallest absolute Gasteiger partial charge is 0.307 e. The van der Waals surface area contributed by atoms with Gasteiger partial charge in [0.1, 0.15) is 0 Å². The SMILES string of the molecule is C/C(C#N)=C\[C@@H]1[C@@H](C(=O)O)C1(C)C. The summed E-state index contributed by atoms with van der Waals surface area (Å²) in [5.41, 5.74) is 0.408. The molecule has 70 valence electrons. The first kappa shape index (κ1) is 9.79. The molecule has 1 aliphatic rings. The van der Waals surface area contributed by atoms with Crippen molar-refractivity contribution in [2.75, 3.05) is 0 Å². The average Bonchev–Trinajstić information content (AvgIpc) is 2.53. The van der Waals surface area contributed by atoms with Gasteiger partial charge >= 0.3 is 5.97 Å². The second-order valence-corrected chi connectivity index (χ2v) is 4.12. The average molecular weight is 179 g/mol. The third-order valence-corrected chi connectivity index (χ3v) is 2.78. The van der Waals surface area contributed by atoms with Gasteiger partial charge in [-0.2, -0.15) is 5.26 Å². The van der Waals surface area contributed by atoms with Crippen LogP contribution in [0.3, 0.4) is 0 Å². The molecule has 0 amide bonds. The first-order chi connectivity index (χ1) is 5.91. The first-order valence-corrected chi connectivity index (χ1v) is 4.22. The molecule has 3 nitrogen and oxygen atoms in total. The zero-order chi connectivity index (χ0) is 10.2. The first-order valence-electron chi connectivity index (χ1n) is 4.22. The second kappa shape index (κ2) is 2.88. The highest BCUT2D eigenvalue weighted by Crippen LogP contribution is 2.59. The maximum Gasteiger partial charge on any atom is 0.307 e. The van der Waals surface area contributed by atoms with Crippen molar-refractivity contribution in [1.82, 2.24) is 0 Å². The van der Waals surface area contributed by atoms with Gasteiger partial charge in [0.15, 0.2) is 0 Å². The molecule has 0 heterocycles. The molecule has 13 heavy (non-hydrogen) atoms. The maximum absolute atomic E-state index is 10.7. The van der Waals surface area contributed by atoms with Gasteiger partial charge in [0.2, 0.25) is 0 Å². The summed E-state index contributed by atoms with van der Waals surface area (Å²) >= 11 is 0. The van der Waals surface area contributed by atoms with Gasteiger partial charge < -0.3 is 5.11 Å². The number of allylic oxidation sites excluding steroid dienone is 2. The molecule has 0 bridgehead atoms. The van der Waals surface area contributed by atoms with E-state index in [4.69, 9.17) is 10.4 Å². The fraction of sp³-hybridized carbons (Fsp3) is 0.600. The molecule has 0 aromatic heterocycles. The molecule has 1 saturated carbocycles. The quantitative estimate of drug-likeness (QED) is 0.657. The van der Waals surface area contributed by atoms with Crippen molar-refractivity contribution in [2.45, 2.75) is 20.8 Å². The van der Waals surface area contributed by atoms with Crippen LogP contribution >= 0.6 is 0 Å². The van der Waals surface area contributed by atoms with E-state index in [2.05, 4.69) is 0 Å². The fourth-order valence-corrected chi connectivity index (χ4v) is 1.77. The van der Waals surface area contributed by atoms with Crippen LogP contribution in [0.2, 0.25) is 0 Å². The predicted octanol–water partition coefficient (Wildman–Crippen LogP) is 1.81. The molecule has 0 aromatic rings. The van der Waals surface area contributed by atoms with Crippen LogP contribution in [0.15, 0.2) is 11.6 Å². The van der Waals surface area contributed by atoms with E-state index in [0.29, 0.717) is 5.57 Å². The van der Waals surface area contributed by atoms with Gasteiger partial charge in [-0.3, -0.25) is 4.79 Å². The summed E-state index contributed by atoms with van der Waals surface area (Å²) < 4.78 is 0. The van der Waals surface area contributed by atoms with Gasteiger partial charge in [0.25, 0.3) is 0 Å². The van der Waals surface area contributed by atoms with Crippen LogP contribution in [0.4, 0.5) is 0 Å². The number of aliphatic carboxylic acids is 1. The molecule has 0 aliphatic heterocycles. The van der Waals surface area contributed by atoms with E-state index in [1.807, 2.05) is 19.9 Å². The molecule has 3 heteroatoms. The zero-order valence-electron chi connectivity index (χ0n) is 8.03. The molecule has 0 unspecified atom stereocenters. The van der Waals surface area contributed by atoms with Crippen molar-refractivity contribution < 1.29 is 9.90 Å². The van der Waals surface area contributed by atoms with Gasteiger partial charge in [-0.15, -0.1) is 0 Å². The molecular weight excluding hydrogens is 166 g/mol. The molecule has 1 rings (SSSR count). The summed E-state index contributed by atoms with van der Waals surface area (Å²) in [6, 6.07) is 2.00. The molecule has 0 spiro atoms. The normalized spacial score (nSPS) is 30.8. The number of nitrogens with zero attached hydrogens (tertiary/aromatic N) is 1. The summed E-state index contributed by atoms with van der Waals surface area (Å²) in [6.07, 6.45) is 1.76. The number of carbonyl (C=O) groups is 1. The minimum Gasteiger partial charge on any atom is -0.481 e. The molecular formula is C10H13NO2. The topological polar surface area (TPSA) is 61.1 Å². The highest BCUT2D eigenvalue weighted by atomic mass is 16.4. The Balaban J connectivity index is 2.79. The van der Waals surface area contributed by atoms with Crippen molar-refractivity contribution >= 4 is 5.97 Å². The van der Waals surface area contributed by atoms with Gasteiger partial charge in [0, 0.05) is 5.57 Å². The summed E-state index contributed by atoms with van der Waals surface area (Å²) in [5, 5.41) is 17.4. The van der Waals surface area contributed by atoms with E-state index in [-0.39, 0.29) is 17.3 Å². The minimum atomic E-state index is -0.767. The Morgan fingerprint density at radius 3 is 2.46 bits per heavy atom. The lowest BCUT2D eigenvalue weighted by atomic mass is 10.1. The Bertz CT molecular complexity index is 309. The molecule has 0 radical (unpaired) electrons. The van der Waals surface area contributed by atoms with Crippen LogP contribution in [0.1, 0.15) is 20.8 Å². The number of carboxylic acids is 1. The van der Waals surface area contributed by atoms with E-state index >= 15 is 0 Å². The number of hydrogen-bond donors (Lipinski definition) is 1. The van der Waals surface area contributed by atoms with E-state index in [0.717, 1.165) is 0 Å². The summed E-state index contributed by atoms with van der Waals surface area (Å²) in [5.74, 6) is -1.07. The number of carboxylic acid groups (broad SMARTS) is 1. The highest BCUT2D eigenvalue weighted by molar-refractivity contribution is 5.76. The summed E-state index contributed by atoms with van der Waals surface area (Å²) in [4.78, 5) is 10.7. The van der Waals surface area contributed by atoms with Crippen molar-refractivity contribution in [3.05, 3.63) is 11.6 Å². The second-order valence-electron chi connectivity index (χ2n) is 4.12. The molecule has 1 fully saturated rings. The van der Waals surface area contributed by atoms with Crippen LogP contribution in [-0.4, -0.2) is 11.1 Å². The highest BCUT2D eigenvalue weighted by Gasteiger charge is 2.60. The van der Waals surface area contributed by atoms with E-state index in [9.17, 15) is 4.79 Å². The zero-order valence-corrected chi connectivity index (χ0v) is 8.03. The monoisotopic (exact) mass is 179 g/mol. The molecule has 1 N–H and O–H groups in total. The lowest BCUT2D eigenvalue weighted by molar-refractivity contribution is -0.139. The molecule has 1 aliphatic carbocycles. The third kappa shape index (κ3) is 1.57. The maximum atomic E-state index is 10.7. The number of hydrogen-bond acceptors (Lipinski definition) is 2. The van der Waals surface area contributed by atoms with Gasteiger partial charge in [-0.25, -0.2) is 0 Å². The van der Waals surface area contributed by atoms with Gasteiger partial charge in [-0.1, -0.05) is 19.9 Å².